The van der Waals surface area contributed by atoms with E-state index in [0.717, 1.165) is 30.7 Å². The molecule has 0 aromatic heterocycles. The van der Waals surface area contributed by atoms with Crippen LogP contribution in [-0.2, 0) is 0 Å². The minimum Gasteiger partial charge on any atom is -0.204 e. The molecule has 0 saturated carbocycles. The molecule has 0 bridgehead atoms. The summed E-state index contributed by atoms with van der Waals surface area (Å²) >= 11 is 0. The summed E-state index contributed by atoms with van der Waals surface area (Å²) in [6, 6.07) is 12.1. The van der Waals surface area contributed by atoms with Gasteiger partial charge >= 0.3 is 0 Å². The van der Waals surface area contributed by atoms with Gasteiger partial charge in [0.25, 0.3) is 0 Å². The third-order valence-electron chi connectivity index (χ3n) is 4.81. The van der Waals surface area contributed by atoms with Crippen LogP contribution in [0, 0.1) is 17.6 Å². The summed E-state index contributed by atoms with van der Waals surface area (Å²) in [4.78, 5) is 0. The Morgan fingerprint density at radius 1 is 0.958 bits per heavy atom. The molecule has 2 aromatic carbocycles. The van der Waals surface area contributed by atoms with Gasteiger partial charge in [0.15, 0.2) is 11.6 Å². The molecule has 3 rings (SSSR count). The topological polar surface area (TPSA) is 0 Å². The Hall–Kier alpha value is -2.22. The van der Waals surface area contributed by atoms with Crippen molar-refractivity contribution in [3.8, 4) is 11.1 Å². The van der Waals surface area contributed by atoms with Gasteiger partial charge in [-0.15, -0.1) is 6.58 Å². The first kappa shape index (κ1) is 16.6. The maximum Gasteiger partial charge on any atom is 0.159 e. The Balaban J connectivity index is 1.72. The summed E-state index contributed by atoms with van der Waals surface area (Å²) in [6.45, 7) is 3.79. The maximum absolute atomic E-state index is 13.4. The number of hydrogen-bond donors (Lipinski definition) is 0. The van der Waals surface area contributed by atoms with Crippen molar-refractivity contribution in [3.05, 3.63) is 78.4 Å². The smallest absolute Gasteiger partial charge is 0.159 e. The second-order valence-electron chi connectivity index (χ2n) is 6.44. The van der Waals surface area contributed by atoms with Crippen molar-refractivity contribution in [2.24, 2.45) is 5.92 Å². The van der Waals surface area contributed by atoms with E-state index in [1.165, 1.54) is 36.1 Å². The third-order valence-corrected chi connectivity index (χ3v) is 4.81. The van der Waals surface area contributed by atoms with E-state index in [9.17, 15) is 8.78 Å². The molecule has 0 saturated heterocycles. The van der Waals surface area contributed by atoms with Gasteiger partial charge in [0.1, 0.15) is 0 Å². The van der Waals surface area contributed by atoms with E-state index in [-0.39, 0.29) is 0 Å². The lowest BCUT2D eigenvalue weighted by Crippen LogP contribution is -2.05. The lowest BCUT2D eigenvalue weighted by molar-refractivity contribution is 0.454. The zero-order chi connectivity index (χ0) is 16.9. The van der Waals surface area contributed by atoms with Crippen LogP contribution in [0.1, 0.15) is 37.7 Å². The third kappa shape index (κ3) is 3.81. The van der Waals surface area contributed by atoms with E-state index < -0.39 is 11.6 Å². The van der Waals surface area contributed by atoms with Gasteiger partial charge in [0, 0.05) is 0 Å². The molecule has 0 radical (unpaired) electrons. The van der Waals surface area contributed by atoms with Crippen LogP contribution in [-0.4, -0.2) is 0 Å². The van der Waals surface area contributed by atoms with Gasteiger partial charge in [-0.25, -0.2) is 8.78 Å². The molecule has 1 unspecified atom stereocenters. The van der Waals surface area contributed by atoms with Crippen LogP contribution < -0.4 is 0 Å². The van der Waals surface area contributed by atoms with Crippen LogP contribution in [0.5, 0.6) is 0 Å². The Kier molecular flexibility index (Phi) is 5.24. The molecule has 24 heavy (non-hydrogen) atoms. The molecule has 1 aliphatic carbocycles. The van der Waals surface area contributed by atoms with Gasteiger partial charge in [-0.1, -0.05) is 42.5 Å². The van der Waals surface area contributed by atoms with Crippen molar-refractivity contribution in [2.45, 2.75) is 32.1 Å². The van der Waals surface area contributed by atoms with Crippen molar-refractivity contribution >= 4 is 5.57 Å². The minimum atomic E-state index is -0.811. The van der Waals surface area contributed by atoms with E-state index in [2.05, 4.69) is 24.8 Å². The predicted molar refractivity (Wildman–Crippen MR) is 96.5 cm³/mol. The quantitative estimate of drug-likeness (QED) is 0.532. The predicted octanol–water partition coefficient (Wildman–Crippen LogP) is 6.78. The van der Waals surface area contributed by atoms with E-state index in [1.54, 1.807) is 6.07 Å². The van der Waals surface area contributed by atoms with Crippen LogP contribution in [0.15, 0.2) is 61.2 Å². The number of hydrogen-bond acceptors (Lipinski definition) is 0. The minimum absolute atomic E-state index is 0.697. The molecule has 0 aliphatic heterocycles. The first-order chi connectivity index (χ1) is 11.7. The Labute approximate surface area is 142 Å². The summed E-state index contributed by atoms with van der Waals surface area (Å²) in [5.41, 5.74) is 4.21. The molecular formula is C22H22F2. The summed E-state index contributed by atoms with van der Waals surface area (Å²) in [5.74, 6) is -0.848. The molecule has 2 heteroatoms. The number of rotatable bonds is 5. The molecule has 0 N–H and O–H groups in total. The lowest BCUT2D eigenvalue weighted by atomic mass is 9.84. The van der Waals surface area contributed by atoms with Crippen molar-refractivity contribution in [1.29, 1.82) is 0 Å². The highest BCUT2D eigenvalue weighted by Crippen LogP contribution is 2.33. The standard InChI is InChI=1S/C22H22F2/c1-2-3-4-16-5-7-17(8-6-16)18-9-11-19(12-10-18)20-13-14-21(23)22(24)15-20/h2,7,9-16H,1,3-6,8H2. The number of allylic oxidation sites excluding steroid dienone is 3. The lowest BCUT2D eigenvalue weighted by Gasteiger charge is -2.21. The molecular weight excluding hydrogens is 302 g/mol. The fourth-order valence-electron chi connectivity index (χ4n) is 3.32. The summed E-state index contributed by atoms with van der Waals surface area (Å²) in [6.07, 6.45) is 10.1. The van der Waals surface area contributed by atoms with E-state index >= 15 is 0 Å². The van der Waals surface area contributed by atoms with Gasteiger partial charge in [0.2, 0.25) is 0 Å². The Bertz CT molecular complexity index is 741. The molecule has 0 fully saturated rings. The fourth-order valence-corrected chi connectivity index (χ4v) is 3.32. The van der Waals surface area contributed by atoms with Gasteiger partial charge in [-0.3, -0.25) is 0 Å². The molecule has 0 spiro atoms. The number of halogens is 2. The first-order valence-electron chi connectivity index (χ1n) is 8.53. The van der Waals surface area contributed by atoms with Crippen LogP contribution in [0.4, 0.5) is 8.78 Å². The average molecular weight is 324 g/mol. The van der Waals surface area contributed by atoms with Crippen LogP contribution in [0.2, 0.25) is 0 Å². The summed E-state index contributed by atoms with van der Waals surface area (Å²) in [7, 11) is 0. The monoisotopic (exact) mass is 324 g/mol. The highest BCUT2D eigenvalue weighted by molar-refractivity contribution is 5.71. The van der Waals surface area contributed by atoms with Gasteiger partial charge in [-0.2, -0.15) is 0 Å². The van der Waals surface area contributed by atoms with Gasteiger partial charge in [-0.05, 0) is 72.4 Å². The summed E-state index contributed by atoms with van der Waals surface area (Å²) < 4.78 is 26.4. The van der Waals surface area contributed by atoms with Crippen molar-refractivity contribution < 1.29 is 8.78 Å². The highest BCUT2D eigenvalue weighted by atomic mass is 19.2. The Morgan fingerprint density at radius 2 is 1.67 bits per heavy atom. The zero-order valence-corrected chi connectivity index (χ0v) is 13.8. The molecule has 124 valence electrons. The summed E-state index contributed by atoms with van der Waals surface area (Å²) in [5, 5.41) is 0. The van der Waals surface area contributed by atoms with Crippen LogP contribution in [0.3, 0.4) is 0 Å². The second kappa shape index (κ2) is 7.57. The molecule has 0 amide bonds. The largest absolute Gasteiger partial charge is 0.204 e. The van der Waals surface area contributed by atoms with Crippen molar-refractivity contribution in [1.82, 2.24) is 0 Å². The van der Waals surface area contributed by atoms with E-state index in [0.29, 0.717) is 5.56 Å². The second-order valence-corrected chi connectivity index (χ2v) is 6.44. The fraction of sp³-hybridized carbons (Fsp3) is 0.273. The number of benzene rings is 2. The molecule has 0 heterocycles. The first-order valence-corrected chi connectivity index (χ1v) is 8.53. The van der Waals surface area contributed by atoms with E-state index in [4.69, 9.17) is 0 Å². The Morgan fingerprint density at radius 3 is 2.29 bits per heavy atom. The van der Waals surface area contributed by atoms with E-state index in [1.807, 2.05) is 18.2 Å². The van der Waals surface area contributed by atoms with Crippen LogP contribution in [0.25, 0.3) is 16.7 Å². The zero-order valence-electron chi connectivity index (χ0n) is 13.8. The van der Waals surface area contributed by atoms with Gasteiger partial charge in [0.05, 0.1) is 0 Å². The normalized spacial score (nSPS) is 17.4. The molecule has 1 atom stereocenters. The molecule has 1 aliphatic rings. The molecule has 0 nitrogen and oxygen atoms in total. The van der Waals surface area contributed by atoms with Crippen molar-refractivity contribution in [2.75, 3.05) is 0 Å². The SMILES string of the molecule is C=CCCC1CC=C(c2ccc(-c3ccc(F)c(F)c3)cc2)CC1. The maximum atomic E-state index is 13.4. The van der Waals surface area contributed by atoms with Gasteiger partial charge < -0.3 is 0 Å². The average Bonchev–Trinajstić information content (AvgIpc) is 2.63. The molecule has 2 aromatic rings. The highest BCUT2D eigenvalue weighted by Gasteiger charge is 2.15. The van der Waals surface area contributed by atoms with Crippen LogP contribution >= 0.6 is 0 Å². The van der Waals surface area contributed by atoms with Crippen molar-refractivity contribution in [3.63, 3.8) is 0 Å².